The molecule has 0 aliphatic carbocycles. The van der Waals surface area contributed by atoms with E-state index in [1.807, 2.05) is 13.0 Å². The quantitative estimate of drug-likeness (QED) is 0.534. The number of halogens is 3. The van der Waals surface area contributed by atoms with Gasteiger partial charge >= 0.3 is 6.18 Å². The first-order valence-corrected chi connectivity index (χ1v) is 10.1. The molecule has 0 saturated heterocycles. The van der Waals surface area contributed by atoms with Crippen LogP contribution >= 0.6 is 0 Å². The standard InChI is InChI=1S/C22H22F3N5O3/c1-13-19(14(2)30-21(29-13)15(9-26)10-28-30)7-8-20(32)27-11-17(31)12-33-18-5-3-16(4-6-18)22(23,24)25/h3-6,10,17,31H,7-8,11-12H2,1-2H3,(H,27,32). The zero-order valence-corrected chi connectivity index (χ0v) is 18.0. The van der Waals surface area contributed by atoms with E-state index in [1.54, 1.807) is 11.4 Å². The zero-order chi connectivity index (χ0) is 24.2. The van der Waals surface area contributed by atoms with E-state index >= 15 is 0 Å². The number of hydrogen-bond acceptors (Lipinski definition) is 6. The van der Waals surface area contributed by atoms with Crippen molar-refractivity contribution >= 4 is 11.6 Å². The first-order valence-electron chi connectivity index (χ1n) is 10.1. The highest BCUT2D eigenvalue weighted by Crippen LogP contribution is 2.30. The van der Waals surface area contributed by atoms with Gasteiger partial charge in [-0.05, 0) is 50.1 Å². The molecule has 0 saturated carbocycles. The topological polar surface area (TPSA) is 113 Å². The summed E-state index contributed by atoms with van der Waals surface area (Å²) < 4.78 is 44.6. The minimum absolute atomic E-state index is 0.0700. The van der Waals surface area contributed by atoms with Gasteiger partial charge in [-0.3, -0.25) is 4.79 Å². The monoisotopic (exact) mass is 461 g/mol. The highest BCUT2D eigenvalue weighted by atomic mass is 19.4. The van der Waals surface area contributed by atoms with Gasteiger partial charge in [-0.1, -0.05) is 0 Å². The first-order chi connectivity index (χ1) is 15.6. The van der Waals surface area contributed by atoms with Gasteiger partial charge in [0.25, 0.3) is 0 Å². The van der Waals surface area contributed by atoms with Crippen molar-refractivity contribution in [3.63, 3.8) is 0 Å². The van der Waals surface area contributed by atoms with Crippen LogP contribution in [-0.4, -0.2) is 44.9 Å². The van der Waals surface area contributed by atoms with E-state index in [0.29, 0.717) is 23.3 Å². The van der Waals surface area contributed by atoms with E-state index in [0.717, 1.165) is 23.4 Å². The summed E-state index contributed by atoms with van der Waals surface area (Å²) in [5, 5.41) is 25.9. The maximum atomic E-state index is 12.6. The molecule has 0 radical (unpaired) electrons. The number of nitriles is 1. The number of ether oxygens (including phenoxy) is 1. The van der Waals surface area contributed by atoms with Crippen molar-refractivity contribution in [1.29, 1.82) is 5.26 Å². The van der Waals surface area contributed by atoms with E-state index in [9.17, 15) is 23.1 Å². The van der Waals surface area contributed by atoms with E-state index < -0.39 is 17.8 Å². The Bertz CT molecular complexity index is 1180. The molecular formula is C22H22F3N5O3. The summed E-state index contributed by atoms with van der Waals surface area (Å²) >= 11 is 0. The molecule has 33 heavy (non-hydrogen) atoms. The van der Waals surface area contributed by atoms with Crippen molar-refractivity contribution in [3.05, 3.63) is 58.5 Å². The van der Waals surface area contributed by atoms with Crippen molar-refractivity contribution < 1.29 is 27.8 Å². The molecule has 0 spiro atoms. The number of aliphatic hydroxyl groups is 1. The SMILES string of the molecule is Cc1nc2c(C#N)cnn2c(C)c1CCC(=O)NCC(O)COc1ccc(C(F)(F)F)cc1. The Morgan fingerprint density at radius 2 is 2.00 bits per heavy atom. The van der Waals surface area contributed by atoms with Crippen molar-refractivity contribution in [1.82, 2.24) is 19.9 Å². The number of amides is 1. The largest absolute Gasteiger partial charge is 0.491 e. The molecule has 1 aromatic carbocycles. The second-order valence-corrected chi connectivity index (χ2v) is 7.46. The second-order valence-electron chi connectivity index (χ2n) is 7.46. The molecule has 174 valence electrons. The van der Waals surface area contributed by atoms with Crippen LogP contribution in [0.5, 0.6) is 5.75 Å². The third-order valence-electron chi connectivity index (χ3n) is 5.09. The zero-order valence-electron chi connectivity index (χ0n) is 18.0. The highest BCUT2D eigenvalue weighted by Gasteiger charge is 2.30. The van der Waals surface area contributed by atoms with Crippen LogP contribution in [0.25, 0.3) is 5.65 Å². The predicted molar refractivity (Wildman–Crippen MR) is 111 cm³/mol. The molecule has 2 N–H and O–H groups in total. The lowest BCUT2D eigenvalue weighted by Crippen LogP contribution is -2.35. The molecule has 8 nitrogen and oxygen atoms in total. The lowest BCUT2D eigenvalue weighted by molar-refractivity contribution is -0.137. The summed E-state index contributed by atoms with van der Waals surface area (Å²) in [7, 11) is 0. The number of aryl methyl sites for hydroxylation is 2. The Kier molecular flexibility index (Phi) is 7.18. The number of aliphatic hydroxyl groups excluding tert-OH is 1. The summed E-state index contributed by atoms with van der Waals surface area (Å²) in [6, 6.07) is 6.17. The van der Waals surface area contributed by atoms with Crippen molar-refractivity contribution in [2.45, 2.75) is 39.0 Å². The average molecular weight is 461 g/mol. The lowest BCUT2D eigenvalue weighted by atomic mass is 10.1. The second kappa shape index (κ2) is 9.87. The van der Waals surface area contributed by atoms with Gasteiger partial charge in [-0.15, -0.1) is 0 Å². The number of alkyl halides is 3. The van der Waals surface area contributed by atoms with Gasteiger partial charge in [-0.2, -0.15) is 23.5 Å². The fraction of sp³-hybridized carbons (Fsp3) is 0.364. The van der Waals surface area contributed by atoms with Gasteiger partial charge in [0.2, 0.25) is 5.91 Å². The van der Waals surface area contributed by atoms with Gasteiger partial charge in [0.05, 0.1) is 11.8 Å². The Balaban J connectivity index is 1.47. The normalized spacial score (nSPS) is 12.4. The Hall–Kier alpha value is -3.65. The fourth-order valence-corrected chi connectivity index (χ4v) is 3.30. The highest BCUT2D eigenvalue weighted by molar-refractivity contribution is 5.76. The van der Waals surface area contributed by atoms with E-state index in [-0.39, 0.29) is 31.2 Å². The maximum Gasteiger partial charge on any atom is 0.416 e. The summed E-state index contributed by atoms with van der Waals surface area (Å²) in [4.78, 5) is 16.6. The summed E-state index contributed by atoms with van der Waals surface area (Å²) in [5.41, 5.74) is 2.39. The minimum atomic E-state index is -4.43. The van der Waals surface area contributed by atoms with Crippen LogP contribution in [0.15, 0.2) is 30.5 Å². The number of nitrogens with one attached hydrogen (secondary N) is 1. The number of nitrogens with zero attached hydrogens (tertiary/aromatic N) is 4. The molecule has 0 fully saturated rings. The fourth-order valence-electron chi connectivity index (χ4n) is 3.30. The number of carbonyl (C=O) groups excluding carboxylic acids is 1. The molecule has 11 heteroatoms. The van der Waals surface area contributed by atoms with Crippen LogP contribution in [-0.2, 0) is 17.4 Å². The number of carbonyl (C=O) groups is 1. The van der Waals surface area contributed by atoms with Crippen molar-refractivity contribution in [2.75, 3.05) is 13.2 Å². The summed E-state index contributed by atoms with van der Waals surface area (Å²) in [6.07, 6.45) is -3.48. The minimum Gasteiger partial charge on any atom is -0.491 e. The molecule has 0 aliphatic rings. The molecule has 2 aromatic heterocycles. The third-order valence-corrected chi connectivity index (χ3v) is 5.09. The first kappa shape index (κ1) is 24.0. The maximum absolute atomic E-state index is 12.6. The Labute approximate surface area is 187 Å². The molecule has 0 aliphatic heterocycles. The number of rotatable bonds is 8. The summed E-state index contributed by atoms with van der Waals surface area (Å²) in [5.74, 6) is -0.110. The van der Waals surface area contributed by atoms with Gasteiger partial charge in [-0.25, -0.2) is 9.50 Å². The molecule has 0 bridgehead atoms. The van der Waals surface area contributed by atoms with Crippen LogP contribution in [0.1, 0.15) is 34.5 Å². The van der Waals surface area contributed by atoms with Crippen molar-refractivity contribution in [3.8, 4) is 11.8 Å². The molecule has 1 amide bonds. The van der Waals surface area contributed by atoms with Crippen LogP contribution in [0.2, 0.25) is 0 Å². The number of aromatic nitrogens is 3. The number of fused-ring (bicyclic) bond motifs is 1. The molecule has 3 aromatic rings. The van der Waals surface area contributed by atoms with Crippen LogP contribution in [0.4, 0.5) is 13.2 Å². The van der Waals surface area contributed by atoms with Crippen LogP contribution < -0.4 is 10.1 Å². The Morgan fingerprint density at radius 3 is 2.64 bits per heavy atom. The molecule has 1 unspecified atom stereocenters. The van der Waals surface area contributed by atoms with E-state index in [4.69, 9.17) is 10.00 Å². The van der Waals surface area contributed by atoms with E-state index in [1.165, 1.54) is 18.3 Å². The van der Waals surface area contributed by atoms with E-state index in [2.05, 4.69) is 15.4 Å². The molecule has 1 atom stereocenters. The molecule has 3 rings (SSSR count). The lowest BCUT2D eigenvalue weighted by Gasteiger charge is -2.14. The van der Waals surface area contributed by atoms with Crippen LogP contribution in [0, 0.1) is 25.2 Å². The van der Waals surface area contributed by atoms with Gasteiger partial charge in [0, 0.05) is 24.4 Å². The summed E-state index contributed by atoms with van der Waals surface area (Å²) in [6.45, 7) is 3.38. The third kappa shape index (κ3) is 5.78. The average Bonchev–Trinajstić information content (AvgIpc) is 3.18. The van der Waals surface area contributed by atoms with Gasteiger partial charge in [0.15, 0.2) is 5.65 Å². The molecule has 2 heterocycles. The molecular weight excluding hydrogens is 439 g/mol. The smallest absolute Gasteiger partial charge is 0.416 e. The number of benzene rings is 1. The van der Waals surface area contributed by atoms with Gasteiger partial charge in [0.1, 0.15) is 30.1 Å². The number of hydrogen-bond donors (Lipinski definition) is 2. The Morgan fingerprint density at radius 1 is 1.30 bits per heavy atom. The van der Waals surface area contributed by atoms with Gasteiger partial charge < -0.3 is 15.2 Å². The van der Waals surface area contributed by atoms with Crippen LogP contribution in [0.3, 0.4) is 0 Å². The van der Waals surface area contributed by atoms with Crippen molar-refractivity contribution in [2.24, 2.45) is 0 Å². The predicted octanol–water partition coefficient (Wildman–Crippen LogP) is 2.73.